The number of nitrogen functional groups attached to an aromatic ring is 1. The molecule has 0 saturated heterocycles. The van der Waals surface area contributed by atoms with E-state index in [1.807, 2.05) is 30.5 Å². The van der Waals surface area contributed by atoms with Gasteiger partial charge in [-0.3, -0.25) is 0 Å². The van der Waals surface area contributed by atoms with Gasteiger partial charge in [-0.1, -0.05) is 11.6 Å². The molecule has 1 aromatic carbocycles. The second kappa shape index (κ2) is 4.28. The van der Waals surface area contributed by atoms with Gasteiger partial charge in [0, 0.05) is 16.9 Å². The van der Waals surface area contributed by atoms with Gasteiger partial charge in [0.05, 0.1) is 17.9 Å². The fourth-order valence-electron chi connectivity index (χ4n) is 1.36. The molecule has 0 amide bonds. The summed E-state index contributed by atoms with van der Waals surface area (Å²) in [7, 11) is 0. The van der Waals surface area contributed by atoms with Crippen molar-refractivity contribution >= 4 is 23.0 Å². The smallest absolute Gasteiger partial charge is 0.0578 e. The molecule has 4 N–H and O–H groups in total. The SMILES string of the molecule is Nc1cc(Cl)ccc1NCc1ccc[nH]1. The number of nitrogens with two attached hydrogens (primary N) is 1. The van der Waals surface area contributed by atoms with Crippen LogP contribution in [0.15, 0.2) is 36.5 Å². The van der Waals surface area contributed by atoms with Crippen molar-refractivity contribution in [2.45, 2.75) is 6.54 Å². The molecule has 0 unspecified atom stereocenters. The molecule has 15 heavy (non-hydrogen) atoms. The number of H-pyrrole nitrogens is 1. The number of nitrogens with one attached hydrogen (secondary N) is 2. The number of halogens is 1. The van der Waals surface area contributed by atoms with E-state index in [-0.39, 0.29) is 0 Å². The van der Waals surface area contributed by atoms with E-state index in [4.69, 9.17) is 17.3 Å². The number of aromatic amines is 1. The topological polar surface area (TPSA) is 53.8 Å². The summed E-state index contributed by atoms with van der Waals surface area (Å²) in [6.45, 7) is 0.721. The van der Waals surface area contributed by atoms with Crippen molar-refractivity contribution in [2.75, 3.05) is 11.1 Å². The van der Waals surface area contributed by atoms with Crippen LogP contribution in [0.5, 0.6) is 0 Å². The van der Waals surface area contributed by atoms with E-state index in [1.165, 1.54) is 0 Å². The molecule has 0 atom stereocenters. The van der Waals surface area contributed by atoms with Crippen molar-refractivity contribution in [3.63, 3.8) is 0 Å². The van der Waals surface area contributed by atoms with Crippen LogP contribution in [-0.4, -0.2) is 4.98 Å². The highest BCUT2D eigenvalue weighted by molar-refractivity contribution is 6.31. The highest BCUT2D eigenvalue weighted by Gasteiger charge is 1.99. The first-order valence-electron chi connectivity index (χ1n) is 4.67. The van der Waals surface area contributed by atoms with Gasteiger partial charge in [-0.25, -0.2) is 0 Å². The number of aromatic nitrogens is 1. The van der Waals surface area contributed by atoms with E-state index in [0.29, 0.717) is 10.7 Å². The summed E-state index contributed by atoms with van der Waals surface area (Å²) in [5.74, 6) is 0. The molecule has 0 spiro atoms. The zero-order chi connectivity index (χ0) is 10.7. The van der Waals surface area contributed by atoms with Crippen LogP contribution >= 0.6 is 11.6 Å². The minimum atomic E-state index is 0.651. The summed E-state index contributed by atoms with van der Waals surface area (Å²) in [6.07, 6.45) is 1.89. The van der Waals surface area contributed by atoms with Crippen LogP contribution in [0.3, 0.4) is 0 Å². The van der Waals surface area contributed by atoms with Crippen molar-refractivity contribution in [3.8, 4) is 0 Å². The third-order valence-corrected chi connectivity index (χ3v) is 2.38. The van der Waals surface area contributed by atoms with Gasteiger partial charge in [0.15, 0.2) is 0 Å². The predicted octanol–water partition coefficient (Wildman–Crippen LogP) is 2.86. The maximum atomic E-state index is 5.80. The molecule has 0 bridgehead atoms. The molecule has 0 aliphatic rings. The average molecular weight is 222 g/mol. The van der Waals surface area contributed by atoms with Crippen molar-refractivity contribution in [2.24, 2.45) is 0 Å². The normalized spacial score (nSPS) is 10.2. The van der Waals surface area contributed by atoms with Crippen molar-refractivity contribution in [3.05, 3.63) is 47.2 Å². The first-order chi connectivity index (χ1) is 7.25. The lowest BCUT2D eigenvalue weighted by Gasteiger charge is -2.08. The zero-order valence-corrected chi connectivity index (χ0v) is 8.88. The molecule has 2 rings (SSSR count). The fourth-order valence-corrected chi connectivity index (χ4v) is 1.54. The molecule has 1 aromatic heterocycles. The molecule has 0 aliphatic heterocycles. The molecule has 3 nitrogen and oxygen atoms in total. The van der Waals surface area contributed by atoms with Crippen LogP contribution < -0.4 is 11.1 Å². The lowest BCUT2D eigenvalue weighted by Crippen LogP contribution is -2.02. The molecule has 0 saturated carbocycles. The molecule has 0 fully saturated rings. The van der Waals surface area contributed by atoms with E-state index in [0.717, 1.165) is 17.9 Å². The molecular weight excluding hydrogens is 210 g/mol. The van der Waals surface area contributed by atoms with E-state index in [9.17, 15) is 0 Å². The Labute approximate surface area is 93.3 Å². The molecule has 1 heterocycles. The summed E-state index contributed by atoms with van der Waals surface area (Å²) in [5, 5.41) is 3.88. The number of hydrogen-bond donors (Lipinski definition) is 3. The quantitative estimate of drug-likeness (QED) is 0.698. The van der Waals surface area contributed by atoms with Gasteiger partial charge >= 0.3 is 0 Å². The standard InChI is InChI=1S/C11H12ClN3/c12-8-3-4-11(10(13)6-8)15-7-9-2-1-5-14-9/h1-6,14-15H,7,13H2. The molecule has 2 aromatic rings. The Kier molecular flexibility index (Phi) is 2.83. The van der Waals surface area contributed by atoms with Gasteiger partial charge in [-0.05, 0) is 30.3 Å². The highest BCUT2D eigenvalue weighted by Crippen LogP contribution is 2.22. The minimum absolute atomic E-state index is 0.651. The van der Waals surface area contributed by atoms with Crippen molar-refractivity contribution in [1.82, 2.24) is 4.98 Å². The van der Waals surface area contributed by atoms with Gasteiger partial charge in [0.25, 0.3) is 0 Å². The largest absolute Gasteiger partial charge is 0.397 e. The number of anilines is 2. The number of hydrogen-bond acceptors (Lipinski definition) is 2. The lowest BCUT2D eigenvalue weighted by atomic mass is 10.2. The summed E-state index contributed by atoms with van der Waals surface area (Å²) < 4.78 is 0. The van der Waals surface area contributed by atoms with Crippen LogP contribution in [-0.2, 0) is 6.54 Å². The lowest BCUT2D eigenvalue weighted by molar-refractivity contribution is 1.08. The average Bonchev–Trinajstić information content (AvgIpc) is 2.69. The minimum Gasteiger partial charge on any atom is -0.397 e. The van der Waals surface area contributed by atoms with Crippen molar-refractivity contribution in [1.29, 1.82) is 0 Å². The molecule has 0 aliphatic carbocycles. The zero-order valence-electron chi connectivity index (χ0n) is 8.13. The highest BCUT2D eigenvalue weighted by atomic mass is 35.5. The van der Waals surface area contributed by atoms with Crippen LogP contribution in [0.1, 0.15) is 5.69 Å². The first kappa shape index (κ1) is 9.93. The fraction of sp³-hybridized carbons (Fsp3) is 0.0909. The van der Waals surface area contributed by atoms with Gasteiger partial charge in [0.2, 0.25) is 0 Å². The van der Waals surface area contributed by atoms with E-state index in [2.05, 4.69) is 10.3 Å². The maximum Gasteiger partial charge on any atom is 0.0578 e. The van der Waals surface area contributed by atoms with Gasteiger partial charge in [0.1, 0.15) is 0 Å². The second-order valence-corrected chi connectivity index (χ2v) is 3.72. The Hall–Kier alpha value is -1.61. The third-order valence-electron chi connectivity index (χ3n) is 2.15. The first-order valence-corrected chi connectivity index (χ1v) is 5.04. The van der Waals surface area contributed by atoms with Crippen LogP contribution in [0, 0.1) is 0 Å². The van der Waals surface area contributed by atoms with E-state index >= 15 is 0 Å². The summed E-state index contributed by atoms with van der Waals surface area (Å²) in [5.41, 5.74) is 8.48. The Morgan fingerprint density at radius 3 is 2.87 bits per heavy atom. The molecule has 4 heteroatoms. The summed E-state index contributed by atoms with van der Waals surface area (Å²) >= 11 is 5.80. The Morgan fingerprint density at radius 2 is 2.20 bits per heavy atom. The van der Waals surface area contributed by atoms with Crippen LogP contribution in [0.25, 0.3) is 0 Å². The predicted molar refractivity (Wildman–Crippen MR) is 64.0 cm³/mol. The van der Waals surface area contributed by atoms with Gasteiger partial charge in [-0.15, -0.1) is 0 Å². The summed E-state index contributed by atoms with van der Waals surface area (Å²) in [6, 6.07) is 9.40. The molecule has 78 valence electrons. The van der Waals surface area contributed by atoms with E-state index < -0.39 is 0 Å². The number of benzene rings is 1. The van der Waals surface area contributed by atoms with Crippen LogP contribution in [0.4, 0.5) is 11.4 Å². The third kappa shape index (κ3) is 2.44. The Bertz CT molecular complexity index is 437. The van der Waals surface area contributed by atoms with Crippen molar-refractivity contribution < 1.29 is 0 Å². The van der Waals surface area contributed by atoms with Crippen LogP contribution in [0.2, 0.25) is 5.02 Å². The van der Waals surface area contributed by atoms with Gasteiger partial charge in [-0.2, -0.15) is 0 Å². The Morgan fingerprint density at radius 1 is 1.33 bits per heavy atom. The van der Waals surface area contributed by atoms with E-state index in [1.54, 1.807) is 6.07 Å². The van der Waals surface area contributed by atoms with Gasteiger partial charge < -0.3 is 16.0 Å². The second-order valence-electron chi connectivity index (χ2n) is 3.28. The summed E-state index contributed by atoms with van der Waals surface area (Å²) in [4.78, 5) is 3.11. The molecule has 0 radical (unpaired) electrons. The molecular formula is C11H12ClN3. The Balaban J connectivity index is 2.05. The number of rotatable bonds is 3. The maximum absolute atomic E-state index is 5.80. The monoisotopic (exact) mass is 221 g/mol.